The van der Waals surface area contributed by atoms with Crippen LogP contribution in [-0.2, 0) is 10.0 Å². The number of amides is 1. The first-order valence-electron chi connectivity index (χ1n) is 12.8. The van der Waals surface area contributed by atoms with E-state index in [1.54, 1.807) is 67.7 Å². The smallest absolute Gasteiger partial charge is 0.264 e. The van der Waals surface area contributed by atoms with Crippen LogP contribution in [0.15, 0.2) is 59.5 Å². The number of rotatable bonds is 10. The fraction of sp³-hybridized carbons (Fsp3) is 0.345. The van der Waals surface area contributed by atoms with Crippen molar-refractivity contribution in [3.05, 3.63) is 60.2 Å². The minimum absolute atomic E-state index is 0.127. The molecule has 1 aliphatic heterocycles. The van der Waals surface area contributed by atoms with Gasteiger partial charge in [0.25, 0.3) is 15.9 Å². The molecule has 0 atom stereocenters. The Kier molecular flexibility index (Phi) is 9.01. The predicted octanol–water partition coefficient (Wildman–Crippen LogP) is 3.52. The molecule has 0 aliphatic carbocycles. The van der Waals surface area contributed by atoms with E-state index in [0.717, 1.165) is 0 Å². The average Bonchev–Trinajstić information content (AvgIpc) is 3.02. The van der Waals surface area contributed by atoms with Crippen molar-refractivity contribution >= 4 is 27.3 Å². The molecule has 0 N–H and O–H groups in total. The van der Waals surface area contributed by atoms with Gasteiger partial charge in [0, 0.05) is 38.8 Å². The summed E-state index contributed by atoms with van der Waals surface area (Å²) in [6.45, 7) is 1.79. The van der Waals surface area contributed by atoms with Gasteiger partial charge in [-0.3, -0.25) is 9.10 Å². The van der Waals surface area contributed by atoms with Crippen molar-refractivity contribution in [2.75, 3.05) is 78.0 Å². The first kappa shape index (κ1) is 29.7. The van der Waals surface area contributed by atoms with Gasteiger partial charge >= 0.3 is 0 Å². The lowest BCUT2D eigenvalue weighted by atomic mass is 10.1. The van der Waals surface area contributed by atoms with Gasteiger partial charge in [-0.15, -0.1) is 0 Å². The summed E-state index contributed by atoms with van der Waals surface area (Å²) in [7, 11) is 5.25. The summed E-state index contributed by atoms with van der Waals surface area (Å²) in [5.41, 5.74) is 1.55. The second-order valence-electron chi connectivity index (χ2n) is 9.20. The van der Waals surface area contributed by atoms with Crippen LogP contribution in [0.25, 0.3) is 0 Å². The zero-order chi connectivity index (χ0) is 29.7. The minimum Gasteiger partial charge on any atom is -0.497 e. The number of carbonyl (C=O) groups is 1. The number of anilines is 2. The van der Waals surface area contributed by atoms with Crippen LogP contribution in [0.3, 0.4) is 0 Å². The molecule has 1 aliphatic rings. The molecule has 41 heavy (non-hydrogen) atoms. The van der Waals surface area contributed by atoms with Crippen molar-refractivity contribution in [3.8, 4) is 28.7 Å². The highest BCUT2D eigenvalue weighted by Crippen LogP contribution is 2.39. The fourth-order valence-corrected chi connectivity index (χ4v) is 5.92. The van der Waals surface area contributed by atoms with Crippen LogP contribution in [-0.4, -0.2) is 88.0 Å². The third-order valence-corrected chi connectivity index (χ3v) is 8.85. The quantitative estimate of drug-likeness (QED) is 0.353. The molecule has 1 heterocycles. The zero-order valence-corrected chi connectivity index (χ0v) is 24.9. The number of methoxy groups -OCH3 is 5. The molecule has 11 nitrogen and oxygen atoms in total. The number of carbonyl (C=O) groups excluding carboxylic acids is 1. The van der Waals surface area contributed by atoms with Crippen LogP contribution < -0.4 is 32.9 Å². The maximum Gasteiger partial charge on any atom is 0.264 e. The number of piperazine rings is 1. The average molecular weight is 586 g/mol. The number of nitrogens with zero attached hydrogens (tertiary/aromatic N) is 3. The largest absolute Gasteiger partial charge is 0.497 e. The van der Waals surface area contributed by atoms with Crippen molar-refractivity contribution in [1.29, 1.82) is 0 Å². The SMILES string of the molecule is COc1ccc(N(C)S(=O)(=O)c2ccc(OC)c(N3CCN(C(=O)c4cc(OC)c(OC)c(OC)c4)CC3)c2)cc1. The van der Waals surface area contributed by atoms with E-state index in [4.69, 9.17) is 23.7 Å². The predicted molar refractivity (Wildman–Crippen MR) is 156 cm³/mol. The van der Waals surface area contributed by atoms with E-state index in [0.29, 0.717) is 71.9 Å². The molecule has 0 aromatic heterocycles. The molecule has 0 spiro atoms. The molecule has 12 heteroatoms. The number of hydrogen-bond acceptors (Lipinski definition) is 9. The third-order valence-electron chi connectivity index (χ3n) is 7.06. The Labute approximate surface area is 240 Å². The summed E-state index contributed by atoms with van der Waals surface area (Å²) in [6.07, 6.45) is 0. The van der Waals surface area contributed by atoms with Gasteiger partial charge in [0.2, 0.25) is 5.75 Å². The van der Waals surface area contributed by atoms with Crippen molar-refractivity contribution in [1.82, 2.24) is 4.90 Å². The van der Waals surface area contributed by atoms with E-state index in [1.165, 1.54) is 38.7 Å². The topological polar surface area (TPSA) is 107 Å². The summed E-state index contributed by atoms with van der Waals surface area (Å²) in [5.74, 6) is 2.21. The van der Waals surface area contributed by atoms with Gasteiger partial charge in [0.05, 0.1) is 51.8 Å². The molecule has 1 fully saturated rings. The highest BCUT2D eigenvalue weighted by molar-refractivity contribution is 7.92. The molecular formula is C29H35N3O8S. The Hall–Kier alpha value is -4.32. The normalized spacial score (nSPS) is 13.4. The minimum atomic E-state index is -3.87. The Balaban J connectivity index is 1.54. The lowest BCUT2D eigenvalue weighted by Crippen LogP contribution is -2.49. The van der Waals surface area contributed by atoms with Gasteiger partial charge in [-0.2, -0.15) is 0 Å². The molecule has 3 aromatic carbocycles. The number of hydrogen-bond donors (Lipinski definition) is 0. The van der Waals surface area contributed by atoms with Gasteiger partial charge in [0.1, 0.15) is 11.5 Å². The van der Waals surface area contributed by atoms with Gasteiger partial charge in [0.15, 0.2) is 11.5 Å². The lowest BCUT2D eigenvalue weighted by Gasteiger charge is -2.37. The van der Waals surface area contributed by atoms with Crippen LogP contribution in [0.4, 0.5) is 11.4 Å². The van der Waals surface area contributed by atoms with E-state index in [-0.39, 0.29) is 10.8 Å². The van der Waals surface area contributed by atoms with Crippen molar-refractivity contribution < 1.29 is 36.9 Å². The first-order valence-corrected chi connectivity index (χ1v) is 14.3. The van der Waals surface area contributed by atoms with Gasteiger partial charge in [-0.25, -0.2) is 8.42 Å². The highest BCUT2D eigenvalue weighted by Gasteiger charge is 2.28. The monoisotopic (exact) mass is 585 g/mol. The molecule has 0 saturated carbocycles. The molecule has 0 unspecified atom stereocenters. The molecule has 0 bridgehead atoms. The summed E-state index contributed by atoms with van der Waals surface area (Å²) >= 11 is 0. The molecular weight excluding hydrogens is 550 g/mol. The maximum atomic E-state index is 13.5. The molecule has 1 amide bonds. The van der Waals surface area contributed by atoms with E-state index < -0.39 is 10.0 Å². The van der Waals surface area contributed by atoms with Gasteiger partial charge in [-0.05, 0) is 54.6 Å². The Morgan fingerprint density at radius 1 is 0.732 bits per heavy atom. The molecule has 220 valence electrons. The fourth-order valence-electron chi connectivity index (χ4n) is 4.70. The number of sulfonamides is 1. The zero-order valence-electron chi connectivity index (χ0n) is 24.0. The Bertz CT molecular complexity index is 1460. The lowest BCUT2D eigenvalue weighted by molar-refractivity contribution is 0.0745. The van der Waals surface area contributed by atoms with Crippen molar-refractivity contribution in [2.45, 2.75) is 4.90 Å². The first-order chi connectivity index (χ1) is 19.7. The van der Waals surface area contributed by atoms with E-state index in [1.807, 2.05) is 4.90 Å². The van der Waals surface area contributed by atoms with E-state index in [9.17, 15) is 13.2 Å². The van der Waals surface area contributed by atoms with E-state index >= 15 is 0 Å². The summed E-state index contributed by atoms with van der Waals surface area (Å²) in [5, 5.41) is 0. The van der Waals surface area contributed by atoms with Crippen molar-refractivity contribution in [2.24, 2.45) is 0 Å². The summed E-state index contributed by atoms with van der Waals surface area (Å²) < 4.78 is 55.2. The second kappa shape index (κ2) is 12.5. The highest BCUT2D eigenvalue weighted by atomic mass is 32.2. The van der Waals surface area contributed by atoms with E-state index in [2.05, 4.69) is 0 Å². The van der Waals surface area contributed by atoms with Crippen LogP contribution in [0, 0.1) is 0 Å². The molecule has 1 saturated heterocycles. The van der Waals surface area contributed by atoms with Crippen LogP contribution in [0.2, 0.25) is 0 Å². The van der Waals surface area contributed by atoms with Crippen LogP contribution in [0.5, 0.6) is 28.7 Å². The van der Waals surface area contributed by atoms with Crippen molar-refractivity contribution in [3.63, 3.8) is 0 Å². The van der Waals surface area contributed by atoms with Crippen LogP contribution >= 0.6 is 0 Å². The van der Waals surface area contributed by atoms with Gasteiger partial charge < -0.3 is 33.5 Å². The Morgan fingerprint density at radius 3 is 1.83 bits per heavy atom. The molecule has 3 aromatic rings. The van der Waals surface area contributed by atoms with Gasteiger partial charge in [-0.1, -0.05) is 0 Å². The summed E-state index contributed by atoms with van der Waals surface area (Å²) in [4.78, 5) is 17.3. The number of ether oxygens (including phenoxy) is 5. The Morgan fingerprint density at radius 2 is 1.32 bits per heavy atom. The number of benzene rings is 3. The third kappa shape index (κ3) is 5.92. The molecule has 4 rings (SSSR count). The summed E-state index contributed by atoms with van der Waals surface area (Å²) in [6, 6.07) is 14.8. The van der Waals surface area contributed by atoms with Crippen LogP contribution in [0.1, 0.15) is 10.4 Å². The molecule has 0 radical (unpaired) electrons. The maximum absolute atomic E-state index is 13.5. The second-order valence-corrected chi connectivity index (χ2v) is 11.2. The standard InChI is InChI=1S/C29H35N3O8S/c1-30(21-7-9-22(36-2)10-8-21)41(34,35)23-11-12-25(37-3)24(19-23)31-13-15-32(16-14-31)29(33)20-17-26(38-4)28(40-6)27(18-20)39-5/h7-12,17-19H,13-16H2,1-6H3.